The minimum Gasteiger partial charge on any atom is -0.278 e. The van der Waals surface area contributed by atoms with Crippen LogP contribution in [0.15, 0.2) is 46.0 Å². The second-order valence-electron chi connectivity index (χ2n) is 3.54. The molecular formula is C11H7BrCl2N2O2S. The minimum absolute atomic E-state index is 0.0765. The van der Waals surface area contributed by atoms with E-state index >= 15 is 0 Å². The van der Waals surface area contributed by atoms with E-state index in [-0.39, 0.29) is 14.9 Å². The molecule has 0 saturated carbocycles. The molecule has 0 fully saturated rings. The standard InChI is InChI=1S/C11H7BrCl2N2O2S/c12-8-4-10(14)11(5-9(8)13)19(17,18)16-7-2-1-3-15-6-7/h1-6,16H. The van der Waals surface area contributed by atoms with Gasteiger partial charge in [-0.15, -0.1) is 0 Å². The fourth-order valence-corrected chi connectivity index (χ4v) is 3.65. The molecule has 0 amide bonds. The van der Waals surface area contributed by atoms with Gasteiger partial charge in [-0.05, 0) is 40.2 Å². The predicted octanol–water partition coefficient (Wildman–Crippen LogP) is 3.95. The molecule has 19 heavy (non-hydrogen) atoms. The Hall–Kier alpha value is -0.820. The lowest BCUT2D eigenvalue weighted by Gasteiger charge is -2.10. The number of aromatic nitrogens is 1. The van der Waals surface area contributed by atoms with E-state index in [0.29, 0.717) is 10.2 Å². The van der Waals surface area contributed by atoms with Gasteiger partial charge >= 0.3 is 0 Å². The highest BCUT2D eigenvalue weighted by Crippen LogP contribution is 2.32. The molecule has 0 atom stereocenters. The first kappa shape index (κ1) is 14.6. The van der Waals surface area contributed by atoms with Crippen molar-refractivity contribution in [3.63, 3.8) is 0 Å². The van der Waals surface area contributed by atoms with E-state index in [1.54, 1.807) is 18.3 Å². The predicted molar refractivity (Wildman–Crippen MR) is 79.2 cm³/mol. The molecule has 0 aliphatic heterocycles. The summed E-state index contributed by atoms with van der Waals surface area (Å²) in [6, 6.07) is 5.92. The molecule has 0 spiro atoms. The molecular weight excluding hydrogens is 375 g/mol. The normalized spacial score (nSPS) is 11.3. The molecule has 8 heteroatoms. The third-order valence-electron chi connectivity index (χ3n) is 2.18. The first-order valence-corrected chi connectivity index (χ1v) is 8.01. The van der Waals surface area contributed by atoms with Crippen molar-refractivity contribution in [2.24, 2.45) is 0 Å². The zero-order valence-electron chi connectivity index (χ0n) is 9.27. The summed E-state index contributed by atoms with van der Waals surface area (Å²) in [7, 11) is -3.81. The summed E-state index contributed by atoms with van der Waals surface area (Å²) < 4.78 is 27.3. The fraction of sp³-hybridized carbons (Fsp3) is 0. The van der Waals surface area contributed by atoms with E-state index in [1.807, 2.05) is 0 Å². The molecule has 0 aliphatic carbocycles. The summed E-state index contributed by atoms with van der Waals surface area (Å²) in [5.74, 6) is 0. The van der Waals surface area contributed by atoms with E-state index in [2.05, 4.69) is 25.6 Å². The van der Waals surface area contributed by atoms with Gasteiger partial charge in [-0.2, -0.15) is 0 Å². The molecule has 0 unspecified atom stereocenters. The average molecular weight is 382 g/mol. The zero-order valence-corrected chi connectivity index (χ0v) is 13.2. The molecule has 1 aromatic heterocycles. The Balaban J connectivity index is 2.43. The quantitative estimate of drug-likeness (QED) is 0.818. The van der Waals surface area contributed by atoms with Crippen molar-refractivity contribution in [3.8, 4) is 0 Å². The number of benzene rings is 1. The first-order valence-electron chi connectivity index (χ1n) is 4.97. The highest BCUT2D eigenvalue weighted by atomic mass is 79.9. The van der Waals surface area contributed by atoms with Gasteiger partial charge in [-0.3, -0.25) is 9.71 Å². The van der Waals surface area contributed by atoms with Gasteiger partial charge in [0.25, 0.3) is 10.0 Å². The van der Waals surface area contributed by atoms with Crippen LogP contribution in [-0.2, 0) is 10.0 Å². The molecule has 0 saturated heterocycles. The smallest absolute Gasteiger partial charge is 0.263 e. The number of anilines is 1. The average Bonchev–Trinajstić information content (AvgIpc) is 2.34. The fourth-order valence-electron chi connectivity index (χ4n) is 1.34. The van der Waals surface area contributed by atoms with Crippen molar-refractivity contribution < 1.29 is 8.42 Å². The lowest BCUT2D eigenvalue weighted by atomic mass is 10.4. The number of nitrogens with one attached hydrogen (secondary N) is 1. The van der Waals surface area contributed by atoms with Gasteiger partial charge in [-0.1, -0.05) is 23.2 Å². The summed E-state index contributed by atoms with van der Waals surface area (Å²) in [6.07, 6.45) is 2.94. The number of sulfonamides is 1. The highest BCUT2D eigenvalue weighted by Gasteiger charge is 2.20. The van der Waals surface area contributed by atoms with Crippen LogP contribution in [-0.4, -0.2) is 13.4 Å². The summed E-state index contributed by atoms with van der Waals surface area (Å²) in [5, 5.41) is 0.337. The van der Waals surface area contributed by atoms with Gasteiger partial charge in [0.2, 0.25) is 0 Å². The van der Waals surface area contributed by atoms with E-state index in [1.165, 1.54) is 18.3 Å². The third-order valence-corrected chi connectivity index (χ3v) is 5.22. The van der Waals surface area contributed by atoms with Crippen LogP contribution < -0.4 is 4.72 Å². The van der Waals surface area contributed by atoms with Crippen molar-refractivity contribution in [1.82, 2.24) is 4.98 Å². The molecule has 4 nitrogen and oxygen atoms in total. The maximum absolute atomic E-state index is 12.2. The van der Waals surface area contributed by atoms with E-state index in [4.69, 9.17) is 23.2 Å². The van der Waals surface area contributed by atoms with Crippen molar-refractivity contribution in [2.75, 3.05) is 4.72 Å². The first-order chi connectivity index (χ1) is 8.90. The maximum atomic E-state index is 12.2. The molecule has 2 rings (SSSR count). The van der Waals surface area contributed by atoms with Crippen LogP contribution in [0.1, 0.15) is 0 Å². The number of nitrogens with zero attached hydrogens (tertiary/aromatic N) is 1. The second kappa shape index (κ2) is 5.66. The Kier molecular flexibility index (Phi) is 4.35. The molecule has 2 aromatic rings. The van der Waals surface area contributed by atoms with E-state index < -0.39 is 10.0 Å². The van der Waals surface area contributed by atoms with Crippen LogP contribution >= 0.6 is 39.1 Å². The van der Waals surface area contributed by atoms with Gasteiger partial charge in [0.15, 0.2) is 0 Å². The van der Waals surface area contributed by atoms with Crippen LogP contribution in [0.2, 0.25) is 10.0 Å². The zero-order chi connectivity index (χ0) is 14.0. The third kappa shape index (κ3) is 3.39. The molecule has 1 aromatic carbocycles. The molecule has 0 bridgehead atoms. The Morgan fingerprint density at radius 3 is 2.58 bits per heavy atom. The molecule has 100 valence electrons. The van der Waals surface area contributed by atoms with E-state index in [9.17, 15) is 8.42 Å². The lowest BCUT2D eigenvalue weighted by Crippen LogP contribution is -2.13. The van der Waals surface area contributed by atoms with Crippen molar-refractivity contribution in [3.05, 3.63) is 51.2 Å². The molecule has 1 N–H and O–H groups in total. The number of rotatable bonds is 3. The van der Waals surface area contributed by atoms with E-state index in [0.717, 1.165) is 0 Å². The van der Waals surface area contributed by atoms with Gasteiger partial charge in [0.1, 0.15) is 4.90 Å². The van der Waals surface area contributed by atoms with Crippen LogP contribution in [0.25, 0.3) is 0 Å². The summed E-state index contributed by atoms with van der Waals surface area (Å²) in [4.78, 5) is 3.73. The maximum Gasteiger partial charge on any atom is 0.263 e. The summed E-state index contributed by atoms with van der Waals surface area (Å²) in [6.45, 7) is 0. The molecule has 0 radical (unpaired) electrons. The number of pyridine rings is 1. The Morgan fingerprint density at radius 2 is 1.95 bits per heavy atom. The number of hydrogen-bond acceptors (Lipinski definition) is 3. The van der Waals surface area contributed by atoms with Crippen LogP contribution in [0, 0.1) is 0 Å². The van der Waals surface area contributed by atoms with Crippen LogP contribution in [0.5, 0.6) is 0 Å². The topological polar surface area (TPSA) is 59.1 Å². The SMILES string of the molecule is O=S(=O)(Nc1cccnc1)c1cc(Cl)c(Br)cc1Cl. The Morgan fingerprint density at radius 1 is 1.21 bits per heavy atom. The minimum atomic E-state index is -3.81. The van der Waals surface area contributed by atoms with Gasteiger partial charge < -0.3 is 0 Å². The van der Waals surface area contributed by atoms with Gasteiger partial charge in [0.05, 0.1) is 21.9 Å². The molecule has 1 heterocycles. The van der Waals surface area contributed by atoms with Crippen molar-refractivity contribution in [1.29, 1.82) is 0 Å². The number of hydrogen-bond donors (Lipinski definition) is 1. The van der Waals surface area contributed by atoms with Crippen LogP contribution in [0.4, 0.5) is 5.69 Å². The van der Waals surface area contributed by atoms with Gasteiger partial charge in [-0.25, -0.2) is 8.42 Å². The number of halogens is 3. The van der Waals surface area contributed by atoms with Gasteiger partial charge in [0, 0.05) is 10.7 Å². The lowest BCUT2D eigenvalue weighted by molar-refractivity contribution is 0.601. The monoisotopic (exact) mass is 380 g/mol. The van der Waals surface area contributed by atoms with Crippen LogP contribution in [0.3, 0.4) is 0 Å². The Bertz CT molecular complexity index is 708. The summed E-state index contributed by atoms with van der Waals surface area (Å²) >= 11 is 15.0. The van der Waals surface area contributed by atoms with Crippen molar-refractivity contribution in [2.45, 2.75) is 4.90 Å². The largest absolute Gasteiger partial charge is 0.278 e. The second-order valence-corrected chi connectivity index (χ2v) is 6.86. The summed E-state index contributed by atoms with van der Waals surface area (Å²) in [5.41, 5.74) is 0.345. The Labute approximate surface area is 128 Å². The highest BCUT2D eigenvalue weighted by molar-refractivity contribution is 9.10. The van der Waals surface area contributed by atoms with Crippen molar-refractivity contribution >= 4 is 54.8 Å². The molecule has 0 aliphatic rings.